The molecular formula is C16H18O. The fourth-order valence-corrected chi connectivity index (χ4v) is 1.45. The van der Waals surface area contributed by atoms with Crippen molar-refractivity contribution in [1.29, 1.82) is 0 Å². The van der Waals surface area contributed by atoms with Crippen LogP contribution < -0.4 is 0 Å². The minimum absolute atomic E-state index is 0.138. The monoisotopic (exact) mass is 226 g/mol. The van der Waals surface area contributed by atoms with Gasteiger partial charge in [-0.25, -0.2) is 0 Å². The van der Waals surface area contributed by atoms with Gasteiger partial charge in [0.05, 0.1) is 12.7 Å². The highest BCUT2D eigenvalue weighted by Crippen LogP contribution is 2.10. The molecular weight excluding hydrogens is 208 g/mol. The van der Waals surface area contributed by atoms with E-state index in [9.17, 15) is 0 Å². The zero-order valence-corrected chi connectivity index (χ0v) is 10.1. The second-order valence-electron chi connectivity index (χ2n) is 3.71. The molecule has 0 N–H and O–H groups in total. The topological polar surface area (TPSA) is 9.23 Å². The van der Waals surface area contributed by atoms with Crippen molar-refractivity contribution in [3.8, 4) is 0 Å². The van der Waals surface area contributed by atoms with Gasteiger partial charge in [0.1, 0.15) is 0 Å². The molecule has 17 heavy (non-hydrogen) atoms. The van der Waals surface area contributed by atoms with Crippen LogP contribution in [0.5, 0.6) is 0 Å². The predicted octanol–water partition coefficient (Wildman–Crippen LogP) is 4.03. The average Bonchev–Trinajstić information content (AvgIpc) is 2.39. The summed E-state index contributed by atoms with van der Waals surface area (Å²) in [6.07, 6.45) is 5.56. The maximum atomic E-state index is 5.83. The fraction of sp³-hybridized carbons (Fsp3) is 0.250. The van der Waals surface area contributed by atoms with Crippen molar-refractivity contribution in [3.63, 3.8) is 0 Å². The molecule has 0 fully saturated rings. The van der Waals surface area contributed by atoms with E-state index >= 15 is 0 Å². The van der Waals surface area contributed by atoms with Gasteiger partial charge in [0.15, 0.2) is 0 Å². The van der Waals surface area contributed by atoms with Crippen molar-refractivity contribution in [2.24, 2.45) is 0 Å². The third-order valence-corrected chi connectivity index (χ3v) is 2.38. The first-order valence-electron chi connectivity index (χ1n) is 5.71. The van der Waals surface area contributed by atoms with Crippen LogP contribution in [0.1, 0.15) is 18.4 Å². The quantitative estimate of drug-likeness (QED) is 0.638. The summed E-state index contributed by atoms with van der Waals surface area (Å²) in [7, 11) is 0. The molecule has 0 aliphatic rings. The van der Waals surface area contributed by atoms with Crippen LogP contribution in [0, 0.1) is 0 Å². The van der Waals surface area contributed by atoms with Crippen LogP contribution >= 0.6 is 0 Å². The minimum atomic E-state index is 0.138. The van der Waals surface area contributed by atoms with Crippen molar-refractivity contribution < 1.29 is 4.74 Å². The number of rotatable bonds is 7. The normalized spacial score (nSPS) is 11.1. The molecule has 0 saturated carbocycles. The van der Waals surface area contributed by atoms with Crippen LogP contribution in [0.15, 0.2) is 67.1 Å². The van der Waals surface area contributed by atoms with Crippen molar-refractivity contribution >= 4 is 0 Å². The number of benzene rings is 1. The smallest absolute Gasteiger partial charge is 0.0720 e. The van der Waals surface area contributed by atoms with Gasteiger partial charge in [-0.3, -0.25) is 0 Å². The van der Waals surface area contributed by atoms with Crippen molar-refractivity contribution in [2.45, 2.75) is 25.6 Å². The van der Waals surface area contributed by atoms with Crippen LogP contribution in [-0.2, 0) is 11.3 Å². The third-order valence-electron chi connectivity index (χ3n) is 2.38. The van der Waals surface area contributed by atoms with Gasteiger partial charge in [0.2, 0.25) is 0 Å². The maximum Gasteiger partial charge on any atom is 0.0720 e. The molecule has 0 aliphatic carbocycles. The van der Waals surface area contributed by atoms with Gasteiger partial charge in [0.25, 0.3) is 0 Å². The Hall–Kier alpha value is -1.78. The molecule has 0 bridgehead atoms. The zero-order valence-electron chi connectivity index (χ0n) is 10.1. The van der Waals surface area contributed by atoms with E-state index in [1.807, 2.05) is 30.4 Å². The summed E-state index contributed by atoms with van der Waals surface area (Å²) in [5.74, 6) is 0. The molecule has 0 aliphatic heterocycles. The Kier molecular flexibility index (Phi) is 6.55. The van der Waals surface area contributed by atoms with Crippen LogP contribution in [0.2, 0.25) is 0 Å². The highest BCUT2D eigenvalue weighted by molar-refractivity contribution is 5.13. The maximum absolute atomic E-state index is 5.83. The summed E-state index contributed by atoms with van der Waals surface area (Å²) in [4.78, 5) is 0. The fourth-order valence-electron chi connectivity index (χ4n) is 1.45. The Morgan fingerprint density at radius 1 is 1.06 bits per heavy atom. The van der Waals surface area contributed by atoms with Crippen LogP contribution in [0.25, 0.3) is 0 Å². The first kappa shape index (κ1) is 13.3. The van der Waals surface area contributed by atoms with Crippen LogP contribution in [0.3, 0.4) is 0 Å². The molecule has 88 valence electrons. The minimum Gasteiger partial charge on any atom is -0.373 e. The lowest BCUT2D eigenvalue weighted by atomic mass is 10.1. The molecule has 0 spiro atoms. The average molecular weight is 226 g/mol. The Bertz CT molecular complexity index is 386. The number of ether oxygens (including phenoxy) is 1. The standard InChI is InChI=1S/C16H18O/c1-3-5-12-16(13-6-4-2)17-14-15-10-8-7-9-11-15/h5-11,16H,1-2,12-14H2. The summed E-state index contributed by atoms with van der Waals surface area (Å²) < 4.78 is 5.83. The van der Waals surface area contributed by atoms with Gasteiger partial charge in [0, 0.05) is 0 Å². The molecule has 1 nitrogen and oxygen atoms in total. The predicted molar refractivity (Wildman–Crippen MR) is 71.7 cm³/mol. The highest BCUT2D eigenvalue weighted by Gasteiger charge is 2.05. The van der Waals surface area contributed by atoms with E-state index in [4.69, 9.17) is 4.74 Å². The zero-order chi connectivity index (χ0) is 12.3. The van der Waals surface area contributed by atoms with E-state index in [0.717, 1.165) is 12.8 Å². The van der Waals surface area contributed by atoms with Gasteiger partial charge < -0.3 is 4.74 Å². The molecule has 1 rings (SSSR count). The first-order chi connectivity index (χ1) is 8.36. The highest BCUT2D eigenvalue weighted by atomic mass is 16.5. The van der Waals surface area contributed by atoms with Crippen molar-refractivity contribution in [3.05, 3.63) is 72.7 Å². The first-order valence-corrected chi connectivity index (χ1v) is 5.71. The van der Waals surface area contributed by atoms with E-state index in [1.165, 1.54) is 5.56 Å². The van der Waals surface area contributed by atoms with Crippen LogP contribution in [0.4, 0.5) is 0 Å². The van der Waals surface area contributed by atoms with Gasteiger partial charge in [-0.15, -0.1) is 11.5 Å². The SMILES string of the molecule is C=C=CCC(CC=C=C)OCc1ccccc1. The van der Waals surface area contributed by atoms with Gasteiger partial charge in [-0.1, -0.05) is 43.5 Å². The summed E-state index contributed by atoms with van der Waals surface area (Å²) in [5, 5.41) is 0. The molecule has 0 unspecified atom stereocenters. The Morgan fingerprint density at radius 3 is 2.18 bits per heavy atom. The van der Waals surface area contributed by atoms with Gasteiger partial charge in [-0.05, 0) is 30.6 Å². The largest absolute Gasteiger partial charge is 0.373 e. The lowest BCUT2D eigenvalue weighted by molar-refractivity contribution is 0.0447. The molecule has 0 saturated heterocycles. The molecule has 0 heterocycles. The second kappa shape index (κ2) is 8.38. The Balaban J connectivity index is 2.47. The molecule has 1 aromatic carbocycles. The van der Waals surface area contributed by atoms with E-state index < -0.39 is 0 Å². The van der Waals surface area contributed by atoms with Crippen molar-refractivity contribution in [2.75, 3.05) is 0 Å². The van der Waals surface area contributed by atoms with Crippen LogP contribution in [-0.4, -0.2) is 6.10 Å². The van der Waals surface area contributed by atoms with E-state index in [2.05, 4.69) is 36.8 Å². The summed E-state index contributed by atoms with van der Waals surface area (Å²) in [6.45, 7) is 7.74. The van der Waals surface area contributed by atoms with E-state index in [-0.39, 0.29) is 6.10 Å². The summed E-state index contributed by atoms with van der Waals surface area (Å²) in [5.41, 5.74) is 6.72. The van der Waals surface area contributed by atoms with Crippen molar-refractivity contribution in [1.82, 2.24) is 0 Å². The lowest BCUT2D eigenvalue weighted by Crippen LogP contribution is -2.10. The summed E-state index contributed by atoms with van der Waals surface area (Å²) in [6, 6.07) is 10.2. The molecule has 0 radical (unpaired) electrons. The molecule has 0 atom stereocenters. The van der Waals surface area contributed by atoms with E-state index in [0.29, 0.717) is 6.61 Å². The Labute approximate surface area is 103 Å². The van der Waals surface area contributed by atoms with Gasteiger partial charge in [-0.2, -0.15) is 0 Å². The lowest BCUT2D eigenvalue weighted by Gasteiger charge is -2.13. The van der Waals surface area contributed by atoms with E-state index in [1.54, 1.807) is 0 Å². The second-order valence-corrected chi connectivity index (χ2v) is 3.71. The number of hydrogen-bond donors (Lipinski definition) is 0. The van der Waals surface area contributed by atoms with Gasteiger partial charge >= 0.3 is 0 Å². The number of hydrogen-bond acceptors (Lipinski definition) is 1. The third kappa shape index (κ3) is 5.75. The molecule has 1 heteroatoms. The molecule has 0 amide bonds. The molecule has 1 aromatic rings. The molecule has 0 aromatic heterocycles. The summed E-state index contributed by atoms with van der Waals surface area (Å²) >= 11 is 0. The Morgan fingerprint density at radius 2 is 1.65 bits per heavy atom.